The number of fused-ring (bicyclic) bond motifs is 4. The lowest BCUT2D eigenvalue weighted by Gasteiger charge is -2.60. The summed E-state index contributed by atoms with van der Waals surface area (Å²) in [6.45, 7) is 13.5. The molecule has 4 rings (SSSR count). The summed E-state index contributed by atoms with van der Waals surface area (Å²) in [7, 11) is 1.30. The molecule has 0 aliphatic heterocycles. The van der Waals surface area contributed by atoms with Crippen LogP contribution in [0.2, 0.25) is 0 Å². The van der Waals surface area contributed by atoms with Crippen LogP contribution < -0.4 is 0 Å². The molecule has 210 valence electrons. The van der Waals surface area contributed by atoms with Gasteiger partial charge in [0.15, 0.2) is 11.6 Å². The second-order valence-electron chi connectivity index (χ2n) is 13.7. The van der Waals surface area contributed by atoms with Crippen molar-refractivity contribution in [3.63, 3.8) is 0 Å². The van der Waals surface area contributed by atoms with Crippen molar-refractivity contribution < 1.29 is 34.1 Å². The molecule has 2 N–H and O–H groups in total. The van der Waals surface area contributed by atoms with Gasteiger partial charge < -0.3 is 14.9 Å². The van der Waals surface area contributed by atoms with E-state index in [-0.39, 0.29) is 54.9 Å². The molecule has 0 radical (unpaired) electrons. The summed E-state index contributed by atoms with van der Waals surface area (Å²) in [6.07, 6.45) is 2.05. The Bertz CT molecular complexity index is 1140. The number of allylic oxidation sites excluding steroid dienone is 2. The third kappa shape index (κ3) is 3.82. The predicted molar refractivity (Wildman–Crippen MR) is 142 cm³/mol. The quantitative estimate of drug-likeness (QED) is 0.393. The van der Waals surface area contributed by atoms with Crippen LogP contribution in [0.15, 0.2) is 22.8 Å². The normalized spacial score (nSPS) is 39.5. The van der Waals surface area contributed by atoms with Gasteiger partial charge in [-0.15, -0.1) is 0 Å². The van der Waals surface area contributed by atoms with E-state index in [4.69, 9.17) is 4.74 Å². The van der Waals surface area contributed by atoms with E-state index in [2.05, 4.69) is 6.92 Å². The molecule has 7 nitrogen and oxygen atoms in total. The summed E-state index contributed by atoms with van der Waals surface area (Å²) in [5.41, 5.74) is -1.04. The number of ether oxygens (including phenoxy) is 1. The van der Waals surface area contributed by atoms with E-state index in [1.807, 2.05) is 34.6 Å². The first-order chi connectivity index (χ1) is 17.5. The highest BCUT2D eigenvalue weighted by Crippen LogP contribution is 2.69. The van der Waals surface area contributed by atoms with E-state index in [1.165, 1.54) is 7.11 Å². The maximum atomic E-state index is 14.1. The molecule has 0 saturated heterocycles. The smallest absolute Gasteiger partial charge is 0.308 e. The number of ketones is 3. The van der Waals surface area contributed by atoms with Gasteiger partial charge in [-0.2, -0.15) is 0 Å². The monoisotopic (exact) mass is 528 g/mol. The topological polar surface area (TPSA) is 118 Å². The number of hydrogen-bond acceptors (Lipinski definition) is 7. The fraction of sp³-hybridized carbons (Fsp3) is 0.742. The van der Waals surface area contributed by atoms with Crippen molar-refractivity contribution in [2.75, 3.05) is 7.11 Å². The molecule has 0 spiro atoms. The molecule has 1 saturated carbocycles. The van der Waals surface area contributed by atoms with Crippen molar-refractivity contribution in [1.29, 1.82) is 0 Å². The number of aliphatic hydroxyl groups is 2. The molecule has 0 heterocycles. The fourth-order valence-electron chi connectivity index (χ4n) is 8.68. The van der Waals surface area contributed by atoms with Gasteiger partial charge in [0, 0.05) is 53.1 Å². The standard InChI is InChI=1S/C31H44O7/c1-16(11-18(32)12-17(2)27(37)38-8)19-13-24(36)31(7)26-20(33)14-22-28(3,4)23(35)9-10-29(22,5)25(26)21(34)15-30(19,31)6/h13,16-17,22-24,35-36H,9-12,14-15H2,1-8H3/t16-,17-,22+,23+,24-,29+,30-,31+/m1/s1. The number of carbonyl (C=O) groups is 4. The summed E-state index contributed by atoms with van der Waals surface area (Å²) < 4.78 is 4.74. The van der Waals surface area contributed by atoms with E-state index < -0.39 is 45.8 Å². The summed E-state index contributed by atoms with van der Waals surface area (Å²) in [6, 6.07) is 0. The largest absolute Gasteiger partial charge is 0.469 e. The van der Waals surface area contributed by atoms with Gasteiger partial charge in [-0.1, -0.05) is 60.1 Å². The van der Waals surface area contributed by atoms with Crippen LogP contribution in [0, 0.1) is 39.4 Å². The van der Waals surface area contributed by atoms with Crippen molar-refractivity contribution in [2.24, 2.45) is 39.4 Å². The molecule has 8 atom stereocenters. The molecule has 0 bridgehead atoms. The van der Waals surface area contributed by atoms with E-state index in [0.717, 1.165) is 5.57 Å². The first-order valence-electron chi connectivity index (χ1n) is 14.0. The minimum atomic E-state index is -0.993. The second kappa shape index (κ2) is 9.22. The Morgan fingerprint density at radius 3 is 2.26 bits per heavy atom. The van der Waals surface area contributed by atoms with Crippen molar-refractivity contribution in [1.82, 2.24) is 0 Å². The number of hydrogen-bond donors (Lipinski definition) is 2. The molecule has 0 aromatic rings. The van der Waals surface area contributed by atoms with Gasteiger partial charge >= 0.3 is 5.97 Å². The first kappa shape index (κ1) is 28.9. The lowest BCUT2D eigenvalue weighted by atomic mass is 9.42. The molecule has 0 aromatic heterocycles. The molecule has 4 aliphatic rings. The third-order valence-electron chi connectivity index (χ3n) is 11.2. The van der Waals surface area contributed by atoms with Crippen LogP contribution in [-0.4, -0.2) is 52.8 Å². The molecule has 1 fully saturated rings. The number of aliphatic hydroxyl groups excluding tert-OH is 2. The van der Waals surface area contributed by atoms with Crippen molar-refractivity contribution in [3.8, 4) is 0 Å². The van der Waals surface area contributed by atoms with Crippen LogP contribution in [0.3, 0.4) is 0 Å². The van der Waals surface area contributed by atoms with Crippen LogP contribution >= 0.6 is 0 Å². The zero-order chi connectivity index (χ0) is 28.6. The number of carbonyl (C=O) groups excluding carboxylic acids is 4. The molecule has 4 aliphatic carbocycles. The highest BCUT2D eigenvalue weighted by molar-refractivity contribution is 6.12. The Morgan fingerprint density at radius 2 is 1.66 bits per heavy atom. The summed E-state index contributed by atoms with van der Waals surface area (Å²) >= 11 is 0. The van der Waals surface area contributed by atoms with E-state index in [9.17, 15) is 29.4 Å². The Labute approximate surface area is 226 Å². The lowest BCUT2D eigenvalue weighted by molar-refractivity contribution is -0.146. The molecule has 0 amide bonds. The molecule has 0 unspecified atom stereocenters. The highest BCUT2D eigenvalue weighted by Gasteiger charge is 2.68. The zero-order valence-corrected chi connectivity index (χ0v) is 24.1. The Morgan fingerprint density at radius 1 is 1.03 bits per heavy atom. The molecule has 38 heavy (non-hydrogen) atoms. The number of rotatable bonds is 6. The van der Waals surface area contributed by atoms with E-state index in [0.29, 0.717) is 24.0 Å². The van der Waals surface area contributed by atoms with Crippen molar-refractivity contribution in [3.05, 3.63) is 22.8 Å². The van der Waals surface area contributed by atoms with E-state index >= 15 is 0 Å². The maximum Gasteiger partial charge on any atom is 0.308 e. The van der Waals surface area contributed by atoms with Crippen molar-refractivity contribution in [2.45, 2.75) is 99.2 Å². The van der Waals surface area contributed by atoms with Crippen LogP contribution in [0.5, 0.6) is 0 Å². The Hall–Kier alpha value is -2.12. The van der Waals surface area contributed by atoms with Crippen LogP contribution in [0.4, 0.5) is 0 Å². The lowest BCUT2D eigenvalue weighted by Crippen LogP contribution is -2.60. The number of esters is 1. The minimum Gasteiger partial charge on any atom is -0.469 e. The Balaban J connectivity index is 1.72. The molecule has 0 aromatic carbocycles. The van der Waals surface area contributed by atoms with Gasteiger partial charge in [0.2, 0.25) is 0 Å². The predicted octanol–water partition coefficient (Wildman–Crippen LogP) is 4.14. The average molecular weight is 529 g/mol. The van der Waals surface area contributed by atoms with Gasteiger partial charge in [-0.25, -0.2) is 0 Å². The number of methoxy groups -OCH3 is 1. The van der Waals surface area contributed by atoms with Gasteiger partial charge in [0.25, 0.3) is 0 Å². The van der Waals surface area contributed by atoms with Gasteiger partial charge in [-0.3, -0.25) is 19.2 Å². The Kier molecular flexibility index (Phi) is 7.01. The molecular weight excluding hydrogens is 484 g/mol. The van der Waals surface area contributed by atoms with Crippen molar-refractivity contribution >= 4 is 23.3 Å². The van der Waals surface area contributed by atoms with Gasteiger partial charge in [0.05, 0.1) is 25.2 Å². The highest BCUT2D eigenvalue weighted by atomic mass is 16.5. The summed E-state index contributed by atoms with van der Waals surface area (Å²) in [5.74, 6) is -1.67. The van der Waals surface area contributed by atoms with Gasteiger partial charge in [-0.05, 0) is 30.1 Å². The molecular formula is C31H44O7. The molecule has 7 heteroatoms. The average Bonchev–Trinajstić information content (AvgIpc) is 3.03. The van der Waals surface area contributed by atoms with Crippen LogP contribution in [0.25, 0.3) is 0 Å². The fourth-order valence-corrected chi connectivity index (χ4v) is 8.68. The van der Waals surface area contributed by atoms with E-state index in [1.54, 1.807) is 13.0 Å². The minimum absolute atomic E-state index is 0.0643. The third-order valence-corrected chi connectivity index (χ3v) is 11.2. The summed E-state index contributed by atoms with van der Waals surface area (Å²) in [4.78, 5) is 52.7. The van der Waals surface area contributed by atoms with Crippen LogP contribution in [0.1, 0.15) is 87.0 Å². The first-order valence-corrected chi connectivity index (χ1v) is 14.0. The second-order valence-corrected chi connectivity index (χ2v) is 13.7. The summed E-state index contributed by atoms with van der Waals surface area (Å²) in [5, 5.41) is 22.3. The SMILES string of the molecule is COC(=O)[C@H](C)CC(=O)C[C@@H](C)C1=C[C@@H](O)[C@@]2(C)C3=C(C(=O)C[C@]12C)[C@@]1(C)CC[C@H](O)C(C)(C)[C@@H]1CC3=O. The van der Waals surface area contributed by atoms with Gasteiger partial charge in [0.1, 0.15) is 5.78 Å². The zero-order valence-electron chi connectivity index (χ0n) is 24.1. The number of Topliss-reactive ketones (excluding diaryl/α,β-unsaturated/α-hetero) is 3. The maximum absolute atomic E-state index is 14.1. The van der Waals surface area contributed by atoms with Crippen LogP contribution in [-0.2, 0) is 23.9 Å².